The van der Waals surface area contributed by atoms with Gasteiger partial charge >= 0.3 is 5.97 Å². The van der Waals surface area contributed by atoms with Gasteiger partial charge in [-0.05, 0) is 36.2 Å². The minimum absolute atomic E-state index is 0.160. The maximum Gasteiger partial charge on any atom is 0.328 e. The molecule has 1 atom stereocenters. The Kier molecular flexibility index (Phi) is 6.81. The van der Waals surface area contributed by atoms with E-state index in [0.29, 0.717) is 17.9 Å². The molecule has 3 amide bonds. The second-order valence-corrected chi connectivity index (χ2v) is 6.92. The van der Waals surface area contributed by atoms with E-state index in [1.54, 1.807) is 24.3 Å². The minimum atomic E-state index is -1.27. The Balaban J connectivity index is 1.84. The molecule has 8 nitrogen and oxygen atoms in total. The Morgan fingerprint density at radius 3 is 2.39 bits per heavy atom. The van der Waals surface area contributed by atoms with Crippen molar-refractivity contribution in [3.05, 3.63) is 72.3 Å². The molecule has 2 aromatic carbocycles. The van der Waals surface area contributed by atoms with Crippen LogP contribution in [-0.2, 0) is 25.6 Å². The van der Waals surface area contributed by atoms with Gasteiger partial charge < -0.3 is 14.7 Å². The summed E-state index contributed by atoms with van der Waals surface area (Å²) in [5.74, 6) is -2.29. The number of carbonyl (C=O) groups is 4. The molecule has 0 radical (unpaired) electrons. The van der Waals surface area contributed by atoms with E-state index in [-0.39, 0.29) is 13.0 Å². The normalized spacial score (nSPS) is 16.0. The standard InChI is InChI=1S/C23H22N2O6/c1-31-18-9-7-17(8-10-18)25-21(27)15-19(23(25)30)24(20(26)11-12-22(28)29)14-13-16-5-3-2-4-6-16/h2-12,19H,13-15H2,1H3,(H,28,29)/b12-11+/t19-/m0/s1. The Labute approximate surface area is 179 Å². The number of hydrogen-bond donors (Lipinski definition) is 1. The molecular weight excluding hydrogens is 400 g/mol. The van der Waals surface area contributed by atoms with Gasteiger partial charge in [-0.25, -0.2) is 9.69 Å². The lowest BCUT2D eigenvalue weighted by Crippen LogP contribution is -2.45. The predicted molar refractivity (Wildman–Crippen MR) is 113 cm³/mol. The predicted octanol–water partition coefficient (Wildman–Crippen LogP) is 2.04. The molecular formula is C23H22N2O6. The molecule has 0 aromatic heterocycles. The molecule has 31 heavy (non-hydrogen) atoms. The molecule has 0 unspecified atom stereocenters. The van der Waals surface area contributed by atoms with Gasteiger partial charge in [0.1, 0.15) is 11.8 Å². The number of nitrogens with zero attached hydrogens (tertiary/aromatic N) is 2. The Morgan fingerprint density at radius 2 is 1.77 bits per heavy atom. The van der Waals surface area contributed by atoms with Crippen molar-refractivity contribution < 1.29 is 29.0 Å². The van der Waals surface area contributed by atoms with Crippen molar-refractivity contribution in [3.63, 3.8) is 0 Å². The summed E-state index contributed by atoms with van der Waals surface area (Å²) in [5.41, 5.74) is 1.33. The van der Waals surface area contributed by atoms with Gasteiger partial charge in [0.15, 0.2) is 0 Å². The third-order valence-corrected chi connectivity index (χ3v) is 4.97. The van der Waals surface area contributed by atoms with Crippen molar-refractivity contribution in [1.29, 1.82) is 0 Å². The molecule has 0 aliphatic carbocycles. The van der Waals surface area contributed by atoms with E-state index in [2.05, 4.69) is 0 Å². The van der Waals surface area contributed by atoms with E-state index in [1.807, 2.05) is 30.3 Å². The van der Waals surface area contributed by atoms with Crippen molar-refractivity contribution in [2.45, 2.75) is 18.9 Å². The molecule has 1 fully saturated rings. The Hall–Kier alpha value is -3.94. The van der Waals surface area contributed by atoms with Crippen LogP contribution in [0.3, 0.4) is 0 Å². The van der Waals surface area contributed by atoms with E-state index in [0.717, 1.165) is 22.6 Å². The lowest BCUT2D eigenvalue weighted by Gasteiger charge is -2.26. The topological polar surface area (TPSA) is 104 Å². The van der Waals surface area contributed by atoms with Crippen molar-refractivity contribution in [2.24, 2.45) is 0 Å². The van der Waals surface area contributed by atoms with Crippen LogP contribution >= 0.6 is 0 Å². The fourth-order valence-electron chi connectivity index (χ4n) is 3.41. The molecule has 2 aromatic rings. The molecule has 160 valence electrons. The molecule has 8 heteroatoms. The third kappa shape index (κ3) is 5.16. The first-order valence-electron chi connectivity index (χ1n) is 9.67. The summed E-state index contributed by atoms with van der Waals surface area (Å²) in [6, 6.07) is 14.8. The number of carboxylic acid groups (broad SMARTS) is 1. The van der Waals surface area contributed by atoms with E-state index < -0.39 is 29.7 Å². The fourth-order valence-corrected chi connectivity index (χ4v) is 3.41. The van der Waals surface area contributed by atoms with Crippen molar-refractivity contribution in [3.8, 4) is 5.75 Å². The number of methoxy groups -OCH3 is 1. The van der Waals surface area contributed by atoms with Crippen molar-refractivity contribution in [2.75, 3.05) is 18.6 Å². The quantitative estimate of drug-likeness (QED) is 0.516. The van der Waals surface area contributed by atoms with Crippen LogP contribution in [0.5, 0.6) is 5.75 Å². The number of amides is 3. The summed E-state index contributed by atoms with van der Waals surface area (Å²) in [6.07, 6.45) is 1.90. The summed E-state index contributed by atoms with van der Waals surface area (Å²) in [4.78, 5) is 51.6. The average Bonchev–Trinajstić information content (AvgIpc) is 3.07. The first-order valence-corrected chi connectivity index (χ1v) is 9.67. The number of anilines is 1. The van der Waals surface area contributed by atoms with Gasteiger partial charge in [-0.2, -0.15) is 0 Å². The highest BCUT2D eigenvalue weighted by atomic mass is 16.5. The Morgan fingerprint density at radius 1 is 1.10 bits per heavy atom. The highest BCUT2D eigenvalue weighted by molar-refractivity contribution is 6.23. The molecule has 1 N–H and O–H groups in total. The number of rotatable bonds is 8. The molecule has 1 aliphatic heterocycles. The summed E-state index contributed by atoms with van der Waals surface area (Å²) in [7, 11) is 1.51. The molecule has 1 heterocycles. The van der Waals surface area contributed by atoms with Crippen LogP contribution in [0, 0.1) is 0 Å². The summed E-state index contributed by atoms with van der Waals surface area (Å²) >= 11 is 0. The number of hydrogen-bond acceptors (Lipinski definition) is 5. The molecule has 0 spiro atoms. The molecule has 3 rings (SSSR count). The number of ether oxygens (including phenoxy) is 1. The third-order valence-electron chi connectivity index (χ3n) is 4.97. The molecule has 1 saturated heterocycles. The van der Waals surface area contributed by atoms with Crippen LogP contribution in [0.1, 0.15) is 12.0 Å². The van der Waals surface area contributed by atoms with E-state index in [4.69, 9.17) is 9.84 Å². The van der Waals surface area contributed by atoms with Crippen LogP contribution in [-0.4, -0.2) is 53.4 Å². The van der Waals surface area contributed by atoms with E-state index in [1.165, 1.54) is 12.0 Å². The highest BCUT2D eigenvalue weighted by Crippen LogP contribution is 2.27. The minimum Gasteiger partial charge on any atom is -0.497 e. The summed E-state index contributed by atoms with van der Waals surface area (Å²) in [5, 5.41) is 8.85. The van der Waals surface area contributed by atoms with Crippen LogP contribution in [0.15, 0.2) is 66.7 Å². The number of imide groups is 1. The first kappa shape index (κ1) is 21.8. The number of carboxylic acids is 1. The monoisotopic (exact) mass is 422 g/mol. The van der Waals surface area contributed by atoms with Crippen molar-refractivity contribution >= 4 is 29.4 Å². The number of aliphatic carboxylic acids is 1. The van der Waals surface area contributed by atoms with Gasteiger partial charge in [-0.15, -0.1) is 0 Å². The lowest BCUT2D eigenvalue weighted by molar-refractivity contribution is -0.135. The molecule has 0 saturated carbocycles. The smallest absolute Gasteiger partial charge is 0.328 e. The summed E-state index contributed by atoms with van der Waals surface area (Å²) in [6.45, 7) is 0.160. The number of carbonyl (C=O) groups excluding carboxylic acids is 3. The van der Waals surface area contributed by atoms with Gasteiger partial charge in [0.25, 0.3) is 5.91 Å². The zero-order chi connectivity index (χ0) is 22.4. The SMILES string of the molecule is COc1ccc(N2C(=O)C[C@H](N(CCc3ccccc3)C(=O)/C=C/C(=O)O)C2=O)cc1. The van der Waals surface area contributed by atoms with Gasteiger partial charge in [-0.3, -0.25) is 14.4 Å². The summed E-state index contributed by atoms with van der Waals surface area (Å²) < 4.78 is 5.10. The highest BCUT2D eigenvalue weighted by Gasteiger charge is 2.43. The van der Waals surface area contributed by atoms with Gasteiger partial charge in [-0.1, -0.05) is 30.3 Å². The first-order chi connectivity index (χ1) is 14.9. The molecule has 0 bridgehead atoms. The van der Waals surface area contributed by atoms with Crippen LogP contribution < -0.4 is 9.64 Å². The largest absolute Gasteiger partial charge is 0.497 e. The van der Waals surface area contributed by atoms with Crippen molar-refractivity contribution in [1.82, 2.24) is 4.90 Å². The van der Waals surface area contributed by atoms with E-state index >= 15 is 0 Å². The van der Waals surface area contributed by atoms with Crippen LogP contribution in [0.4, 0.5) is 5.69 Å². The number of benzene rings is 2. The van der Waals surface area contributed by atoms with Crippen LogP contribution in [0.2, 0.25) is 0 Å². The zero-order valence-electron chi connectivity index (χ0n) is 16.9. The van der Waals surface area contributed by atoms with Gasteiger partial charge in [0, 0.05) is 18.7 Å². The van der Waals surface area contributed by atoms with E-state index in [9.17, 15) is 19.2 Å². The maximum atomic E-state index is 13.1. The second kappa shape index (κ2) is 9.71. The van der Waals surface area contributed by atoms with Gasteiger partial charge in [0.05, 0.1) is 19.2 Å². The van der Waals surface area contributed by atoms with Gasteiger partial charge in [0.2, 0.25) is 11.8 Å². The lowest BCUT2D eigenvalue weighted by atomic mass is 10.1. The second-order valence-electron chi connectivity index (χ2n) is 6.92. The Bertz CT molecular complexity index is 1000. The average molecular weight is 422 g/mol. The maximum absolute atomic E-state index is 13.1. The van der Waals surface area contributed by atoms with Crippen LogP contribution in [0.25, 0.3) is 0 Å². The molecule has 1 aliphatic rings. The fraction of sp³-hybridized carbons (Fsp3) is 0.217. The zero-order valence-corrected chi connectivity index (χ0v) is 16.9.